The molecule has 1 atom stereocenters. The van der Waals surface area contributed by atoms with Crippen LogP contribution in [-0.4, -0.2) is 7.11 Å². The highest BCUT2D eigenvalue weighted by molar-refractivity contribution is 9.10. The van der Waals surface area contributed by atoms with E-state index in [2.05, 4.69) is 15.9 Å². The summed E-state index contributed by atoms with van der Waals surface area (Å²) < 4.78 is 6.04. The van der Waals surface area contributed by atoms with Crippen LogP contribution in [0.15, 0.2) is 22.7 Å². The lowest BCUT2D eigenvalue weighted by Gasteiger charge is -2.08. The number of benzene rings is 1. The highest BCUT2D eigenvalue weighted by Gasteiger charge is 2.03. The molecular formula is C9H12BrNO. The minimum atomic E-state index is 0.0622. The van der Waals surface area contributed by atoms with Gasteiger partial charge in [-0.15, -0.1) is 0 Å². The van der Waals surface area contributed by atoms with Crippen molar-refractivity contribution in [3.8, 4) is 5.75 Å². The van der Waals surface area contributed by atoms with Crippen LogP contribution in [0, 0.1) is 0 Å². The summed E-state index contributed by atoms with van der Waals surface area (Å²) in [6.07, 6.45) is 0. The normalized spacial score (nSPS) is 12.7. The second-order valence-corrected chi connectivity index (χ2v) is 3.54. The highest BCUT2D eigenvalue weighted by Crippen LogP contribution is 2.27. The SMILES string of the molecule is COc1ccc([C@H](C)N)cc1Br. The molecule has 66 valence electrons. The van der Waals surface area contributed by atoms with Crippen molar-refractivity contribution in [1.82, 2.24) is 0 Å². The minimum absolute atomic E-state index is 0.0622. The second-order valence-electron chi connectivity index (χ2n) is 2.68. The van der Waals surface area contributed by atoms with Crippen LogP contribution < -0.4 is 10.5 Å². The van der Waals surface area contributed by atoms with Crippen LogP contribution in [0.3, 0.4) is 0 Å². The molecule has 0 aliphatic rings. The predicted molar refractivity (Wildman–Crippen MR) is 53.3 cm³/mol. The molecule has 0 heterocycles. The van der Waals surface area contributed by atoms with Gasteiger partial charge in [0.2, 0.25) is 0 Å². The Morgan fingerprint density at radius 2 is 2.17 bits per heavy atom. The molecule has 0 amide bonds. The van der Waals surface area contributed by atoms with Gasteiger partial charge >= 0.3 is 0 Å². The van der Waals surface area contributed by atoms with Crippen molar-refractivity contribution in [2.24, 2.45) is 5.73 Å². The van der Waals surface area contributed by atoms with Gasteiger partial charge in [0.1, 0.15) is 5.75 Å². The van der Waals surface area contributed by atoms with E-state index >= 15 is 0 Å². The molecule has 1 rings (SSSR count). The van der Waals surface area contributed by atoms with Gasteiger partial charge in [0.25, 0.3) is 0 Å². The molecule has 0 unspecified atom stereocenters. The molecule has 0 bridgehead atoms. The van der Waals surface area contributed by atoms with E-state index in [0.29, 0.717) is 0 Å². The van der Waals surface area contributed by atoms with Crippen molar-refractivity contribution in [2.45, 2.75) is 13.0 Å². The Bertz CT molecular complexity index is 273. The van der Waals surface area contributed by atoms with Gasteiger partial charge in [0.15, 0.2) is 0 Å². The Hall–Kier alpha value is -0.540. The fourth-order valence-corrected chi connectivity index (χ4v) is 1.52. The van der Waals surface area contributed by atoms with Gasteiger partial charge in [-0.05, 0) is 40.5 Å². The van der Waals surface area contributed by atoms with E-state index < -0.39 is 0 Å². The maximum absolute atomic E-state index is 5.71. The van der Waals surface area contributed by atoms with E-state index in [1.807, 2.05) is 25.1 Å². The minimum Gasteiger partial charge on any atom is -0.496 e. The third kappa shape index (κ3) is 1.99. The summed E-state index contributed by atoms with van der Waals surface area (Å²) in [4.78, 5) is 0. The number of ether oxygens (including phenoxy) is 1. The van der Waals surface area contributed by atoms with E-state index in [1.165, 1.54) is 0 Å². The smallest absolute Gasteiger partial charge is 0.133 e. The summed E-state index contributed by atoms with van der Waals surface area (Å²) in [7, 11) is 1.64. The van der Waals surface area contributed by atoms with Crippen LogP contribution in [0.1, 0.15) is 18.5 Å². The first-order valence-corrected chi connectivity index (χ1v) is 4.53. The number of nitrogens with two attached hydrogens (primary N) is 1. The lowest BCUT2D eigenvalue weighted by Crippen LogP contribution is -2.04. The molecule has 0 saturated heterocycles. The lowest BCUT2D eigenvalue weighted by atomic mass is 10.1. The number of rotatable bonds is 2. The maximum Gasteiger partial charge on any atom is 0.133 e. The lowest BCUT2D eigenvalue weighted by molar-refractivity contribution is 0.412. The molecule has 0 spiro atoms. The van der Waals surface area contributed by atoms with E-state index in [4.69, 9.17) is 10.5 Å². The topological polar surface area (TPSA) is 35.2 Å². The Balaban J connectivity index is 3.02. The van der Waals surface area contributed by atoms with E-state index in [0.717, 1.165) is 15.8 Å². The molecule has 12 heavy (non-hydrogen) atoms. The summed E-state index contributed by atoms with van der Waals surface area (Å²) in [5, 5.41) is 0. The van der Waals surface area contributed by atoms with Crippen molar-refractivity contribution in [3.05, 3.63) is 28.2 Å². The molecule has 2 nitrogen and oxygen atoms in total. The van der Waals surface area contributed by atoms with Gasteiger partial charge in [0.05, 0.1) is 11.6 Å². The zero-order valence-electron chi connectivity index (χ0n) is 7.17. The van der Waals surface area contributed by atoms with Crippen molar-refractivity contribution < 1.29 is 4.74 Å². The van der Waals surface area contributed by atoms with E-state index in [9.17, 15) is 0 Å². The Morgan fingerprint density at radius 1 is 1.50 bits per heavy atom. The summed E-state index contributed by atoms with van der Waals surface area (Å²) >= 11 is 3.40. The molecule has 0 radical (unpaired) electrons. The summed E-state index contributed by atoms with van der Waals surface area (Å²) in [6, 6.07) is 5.91. The van der Waals surface area contributed by atoms with Gasteiger partial charge in [0, 0.05) is 6.04 Å². The summed E-state index contributed by atoms with van der Waals surface area (Å²) in [5.74, 6) is 0.833. The van der Waals surface area contributed by atoms with Crippen LogP contribution in [0.4, 0.5) is 0 Å². The predicted octanol–water partition coefficient (Wildman–Crippen LogP) is 2.48. The zero-order valence-corrected chi connectivity index (χ0v) is 8.76. The van der Waals surface area contributed by atoms with Crippen LogP contribution in [0.5, 0.6) is 5.75 Å². The van der Waals surface area contributed by atoms with Crippen LogP contribution in [0.25, 0.3) is 0 Å². The third-order valence-electron chi connectivity index (χ3n) is 1.70. The molecule has 1 aromatic carbocycles. The van der Waals surface area contributed by atoms with Crippen LogP contribution >= 0.6 is 15.9 Å². The zero-order chi connectivity index (χ0) is 9.14. The van der Waals surface area contributed by atoms with Crippen LogP contribution in [0.2, 0.25) is 0 Å². The third-order valence-corrected chi connectivity index (χ3v) is 2.32. The van der Waals surface area contributed by atoms with E-state index in [-0.39, 0.29) is 6.04 Å². The fraction of sp³-hybridized carbons (Fsp3) is 0.333. The average Bonchev–Trinajstić information content (AvgIpc) is 2.04. The van der Waals surface area contributed by atoms with Gasteiger partial charge in [-0.2, -0.15) is 0 Å². The van der Waals surface area contributed by atoms with Gasteiger partial charge < -0.3 is 10.5 Å². The molecule has 1 aromatic rings. The Morgan fingerprint density at radius 3 is 2.58 bits per heavy atom. The second kappa shape index (κ2) is 3.92. The van der Waals surface area contributed by atoms with Crippen molar-refractivity contribution in [1.29, 1.82) is 0 Å². The summed E-state index contributed by atoms with van der Waals surface area (Å²) in [5.41, 5.74) is 6.81. The molecule has 2 N–H and O–H groups in total. The van der Waals surface area contributed by atoms with Gasteiger partial charge in [-0.25, -0.2) is 0 Å². The first-order valence-electron chi connectivity index (χ1n) is 3.74. The standard InChI is InChI=1S/C9H12BrNO/c1-6(11)7-3-4-9(12-2)8(10)5-7/h3-6H,11H2,1-2H3/t6-/m0/s1. The monoisotopic (exact) mass is 229 g/mol. The Kier molecular flexibility index (Phi) is 3.12. The number of methoxy groups -OCH3 is 1. The number of hydrogen-bond acceptors (Lipinski definition) is 2. The van der Waals surface area contributed by atoms with Crippen molar-refractivity contribution >= 4 is 15.9 Å². The Labute approximate surface area is 80.8 Å². The average molecular weight is 230 g/mol. The molecule has 0 aliphatic heterocycles. The molecule has 0 fully saturated rings. The van der Waals surface area contributed by atoms with Gasteiger partial charge in [-0.1, -0.05) is 6.07 Å². The maximum atomic E-state index is 5.71. The van der Waals surface area contributed by atoms with Crippen molar-refractivity contribution in [3.63, 3.8) is 0 Å². The number of halogens is 1. The summed E-state index contributed by atoms with van der Waals surface area (Å²) in [6.45, 7) is 1.95. The quantitative estimate of drug-likeness (QED) is 0.846. The number of hydrogen-bond donors (Lipinski definition) is 1. The van der Waals surface area contributed by atoms with Crippen molar-refractivity contribution in [2.75, 3.05) is 7.11 Å². The highest BCUT2D eigenvalue weighted by atomic mass is 79.9. The largest absolute Gasteiger partial charge is 0.496 e. The van der Waals surface area contributed by atoms with Gasteiger partial charge in [-0.3, -0.25) is 0 Å². The molecule has 0 aliphatic carbocycles. The fourth-order valence-electron chi connectivity index (χ4n) is 0.966. The first kappa shape index (κ1) is 9.55. The molecule has 0 saturated carbocycles. The first-order chi connectivity index (χ1) is 5.65. The van der Waals surface area contributed by atoms with Crippen LogP contribution in [-0.2, 0) is 0 Å². The molecular weight excluding hydrogens is 218 g/mol. The van der Waals surface area contributed by atoms with E-state index in [1.54, 1.807) is 7.11 Å². The molecule has 0 aromatic heterocycles. The molecule has 3 heteroatoms.